The molecule has 1 heterocycles. The predicted molar refractivity (Wildman–Crippen MR) is 63.7 cm³/mol. The van der Waals surface area contributed by atoms with E-state index in [0.29, 0.717) is 6.42 Å². The van der Waals surface area contributed by atoms with E-state index < -0.39 is 16.1 Å². The molecule has 1 N–H and O–H groups in total. The fourth-order valence-corrected chi connectivity index (χ4v) is 3.72. The lowest BCUT2D eigenvalue weighted by atomic mass is 10.2. The van der Waals surface area contributed by atoms with Crippen LogP contribution in [0.15, 0.2) is 16.3 Å². The Kier molecular flexibility index (Phi) is 4.47. The smallest absolute Gasteiger partial charge is 0.206 e. The molecule has 0 spiro atoms. The van der Waals surface area contributed by atoms with Gasteiger partial charge in [0, 0.05) is 4.88 Å². The van der Waals surface area contributed by atoms with Crippen LogP contribution in [0.3, 0.4) is 0 Å². The average Bonchev–Trinajstić information content (AvgIpc) is 2.64. The molecular formula is C10H14N2O2S2. The highest BCUT2D eigenvalue weighted by molar-refractivity contribution is 7.91. The highest BCUT2D eigenvalue weighted by Crippen LogP contribution is 2.20. The van der Waals surface area contributed by atoms with E-state index in [1.807, 2.05) is 19.9 Å². The number of rotatable bonds is 5. The lowest BCUT2D eigenvalue weighted by Gasteiger charge is -2.09. The van der Waals surface area contributed by atoms with Crippen LogP contribution in [-0.2, 0) is 10.0 Å². The van der Waals surface area contributed by atoms with E-state index in [-0.39, 0.29) is 4.21 Å². The number of hydrogen-bond acceptors (Lipinski definition) is 4. The molecular weight excluding hydrogens is 244 g/mol. The Hall–Kier alpha value is -0.900. The van der Waals surface area contributed by atoms with Gasteiger partial charge in [-0.2, -0.15) is 9.98 Å². The van der Waals surface area contributed by atoms with E-state index in [0.717, 1.165) is 11.3 Å². The van der Waals surface area contributed by atoms with Gasteiger partial charge in [-0.1, -0.05) is 13.3 Å². The number of nitrogens with one attached hydrogen (secondary N) is 1. The fraction of sp³-hybridized carbons (Fsp3) is 0.500. The molecule has 0 aliphatic carbocycles. The van der Waals surface area contributed by atoms with E-state index in [9.17, 15) is 8.42 Å². The summed E-state index contributed by atoms with van der Waals surface area (Å²) in [6.07, 6.45) is 1.30. The van der Waals surface area contributed by atoms with Gasteiger partial charge in [0.05, 0.1) is 6.07 Å². The van der Waals surface area contributed by atoms with E-state index in [1.54, 1.807) is 12.1 Å². The van der Waals surface area contributed by atoms with Crippen LogP contribution in [0.4, 0.5) is 0 Å². The quantitative estimate of drug-likeness (QED) is 0.878. The van der Waals surface area contributed by atoms with Crippen molar-refractivity contribution in [2.75, 3.05) is 0 Å². The third-order valence-electron chi connectivity index (χ3n) is 2.01. The van der Waals surface area contributed by atoms with E-state index in [2.05, 4.69) is 4.72 Å². The van der Waals surface area contributed by atoms with Crippen LogP contribution >= 0.6 is 11.3 Å². The van der Waals surface area contributed by atoms with Gasteiger partial charge in [0.25, 0.3) is 10.0 Å². The Labute approximate surface area is 100.0 Å². The molecule has 0 amide bonds. The van der Waals surface area contributed by atoms with Crippen molar-refractivity contribution in [3.05, 3.63) is 17.0 Å². The van der Waals surface area contributed by atoms with Crippen LogP contribution in [0.2, 0.25) is 0 Å². The molecule has 0 saturated carbocycles. The van der Waals surface area contributed by atoms with Gasteiger partial charge in [-0.05, 0) is 25.5 Å². The highest BCUT2D eigenvalue weighted by Gasteiger charge is 2.20. The molecule has 0 saturated heterocycles. The van der Waals surface area contributed by atoms with Gasteiger partial charge in [0.1, 0.15) is 10.3 Å². The Balaban J connectivity index is 2.84. The summed E-state index contributed by atoms with van der Waals surface area (Å²) in [4.78, 5) is 0.935. The summed E-state index contributed by atoms with van der Waals surface area (Å²) in [6.45, 7) is 3.76. The predicted octanol–water partition coefficient (Wildman–Crippen LogP) is 2.03. The summed E-state index contributed by atoms with van der Waals surface area (Å²) in [5.74, 6) is 0. The first-order valence-corrected chi connectivity index (χ1v) is 7.28. The standard InChI is InChI=1S/C10H14N2O2S2/c1-3-4-9(7-11)12-16(13,14)10-6-5-8(2)15-10/h5-6,9,12H,3-4H2,1-2H3. The lowest BCUT2D eigenvalue weighted by Crippen LogP contribution is -2.33. The van der Waals surface area contributed by atoms with Crippen molar-refractivity contribution in [2.45, 2.75) is 36.9 Å². The molecule has 0 aliphatic rings. The molecule has 1 aromatic heterocycles. The van der Waals surface area contributed by atoms with Crippen molar-refractivity contribution in [1.82, 2.24) is 4.72 Å². The zero-order valence-electron chi connectivity index (χ0n) is 9.23. The highest BCUT2D eigenvalue weighted by atomic mass is 32.2. The number of hydrogen-bond donors (Lipinski definition) is 1. The molecule has 0 bridgehead atoms. The summed E-state index contributed by atoms with van der Waals surface area (Å²) < 4.78 is 26.3. The Morgan fingerprint density at radius 1 is 1.56 bits per heavy atom. The molecule has 1 aromatic rings. The minimum absolute atomic E-state index is 0.265. The third-order valence-corrected chi connectivity index (χ3v) is 4.98. The second-order valence-electron chi connectivity index (χ2n) is 3.46. The molecule has 6 heteroatoms. The summed E-state index contributed by atoms with van der Waals surface area (Å²) in [7, 11) is -3.53. The molecule has 1 rings (SSSR count). The van der Waals surface area contributed by atoms with Crippen molar-refractivity contribution in [3.63, 3.8) is 0 Å². The number of nitriles is 1. The Morgan fingerprint density at radius 3 is 2.69 bits per heavy atom. The molecule has 88 valence electrons. The van der Waals surface area contributed by atoms with Gasteiger partial charge in [-0.15, -0.1) is 11.3 Å². The normalized spacial score (nSPS) is 13.3. The first-order valence-electron chi connectivity index (χ1n) is 4.98. The molecule has 0 aromatic carbocycles. The zero-order chi connectivity index (χ0) is 12.2. The van der Waals surface area contributed by atoms with Gasteiger partial charge in [0.2, 0.25) is 0 Å². The molecule has 1 unspecified atom stereocenters. The Bertz CT molecular complexity index is 485. The van der Waals surface area contributed by atoms with Crippen molar-refractivity contribution in [3.8, 4) is 6.07 Å². The first kappa shape index (κ1) is 13.2. The van der Waals surface area contributed by atoms with Crippen LogP contribution in [0.1, 0.15) is 24.6 Å². The van der Waals surface area contributed by atoms with Gasteiger partial charge in [0.15, 0.2) is 0 Å². The van der Waals surface area contributed by atoms with Crippen LogP contribution < -0.4 is 4.72 Å². The summed E-state index contributed by atoms with van der Waals surface area (Å²) >= 11 is 1.21. The van der Waals surface area contributed by atoms with Crippen LogP contribution in [0.5, 0.6) is 0 Å². The maximum absolute atomic E-state index is 11.8. The lowest BCUT2D eigenvalue weighted by molar-refractivity contribution is 0.565. The summed E-state index contributed by atoms with van der Waals surface area (Å²) in [5, 5.41) is 8.80. The number of sulfonamides is 1. The topological polar surface area (TPSA) is 70.0 Å². The van der Waals surface area contributed by atoms with Crippen LogP contribution in [0, 0.1) is 18.3 Å². The second kappa shape index (κ2) is 5.43. The fourth-order valence-electron chi connectivity index (χ4n) is 1.24. The number of nitrogens with zero attached hydrogens (tertiary/aromatic N) is 1. The van der Waals surface area contributed by atoms with Crippen molar-refractivity contribution in [2.24, 2.45) is 0 Å². The maximum Gasteiger partial charge on any atom is 0.251 e. The third kappa shape index (κ3) is 3.30. The molecule has 4 nitrogen and oxygen atoms in total. The minimum atomic E-state index is -3.53. The van der Waals surface area contributed by atoms with E-state index in [1.165, 1.54) is 11.3 Å². The second-order valence-corrected chi connectivity index (χ2v) is 6.69. The largest absolute Gasteiger partial charge is 0.251 e. The zero-order valence-corrected chi connectivity index (χ0v) is 10.9. The van der Waals surface area contributed by atoms with Gasteiger partial charge >= 0.3 is 0 Å². The average molecular weight is 258 g/mol. The van der Waals surface area contributed by atoms with Gasteiger partial charge in [-0.3, -0.25) is 0 Å². The van der Waals surface area contributed by atoms with Crippen LogP contribution in [0.25, 0.3) is 0 Å². The summed E-state index contributed by atoms with van der Waals surface area (Å²) in [5.41, 5.74) is 0. The number of aryl methyl sites for hydroxylation is 1. The molecule has 0 fully saturated rings. The van der Waals surface area contributed by atoms with E-state index in [4.69, 9.17) is 5.26 Å². The summed E-state index contributed by atoms with van der Waals surface area (Å²) in [6, 6.07) is 4.62. The molecule has 0 radical (unpaired) electrons. The molecule has 0 aliphatic heterocycles. The SMILES string of the molecule is CCCC(C#N)NS(=O)(=O)c1ccc(C)s1. The van der Waals surface area contributed by atoms with E-state index >= 15 is 0 Å². The van der Waals surface area contributed by atoms with Crippen molar-refractivity contribution in [1.29, 1.82) is 5.26 Å². The van der Waals surface area contributed by atoms with Gasteiger partial charge in [-0.25, -0.2) is 8.42 Å². The molecule has 1 atom stereocenters. The van der Waals surface area contributed by atoms with Gasteiger partial charge < -0.3 is 0 Å². The monoisotopic (exact) mass is 258 g/mol. The Morgan fingerprint density at radius 2 is 2.25 bits per heavy atom. The maximum atomic E-state index is 11.8. The minimum Gasteiger partial charge on any atom is -0.206 e. The number of thiophene rings is 1. The van der Waals surface area contributed by atoms with Crippen molar-refractivity contribution < 1.29 is 8.42 Å². The van der Waals surface area contributed by atoms with Crippen LogP contribution in [-0.4, -0.2) is 14.5 Å². The molecule has 16 heavy (non-hydrogen) atoms. The van der Waals surface area contributed by atoms with Crippen molar-refractivity contribution >= 4 is 21.4 Å². The first-order chi connectivity index (χ1) is 7.49.